The van der Waals surface area contributed by atoms with Crippen molar-refractivity contribution in [3.05, 3.63) is 113 Å². The Hall–Kier alpha value is -4.19. The quantitative estimate of drug-likeness (QED) is 0.202. The van der Waals surface area contributed by atoms with Crippen LogP contribution in [0.1, 0.15) is 46.8 Å². The first-order chi connectivity index (χ1) is 19.5. The van der Waals surface area contributed by atoms with E-state index in [1.54, 1.807) is 25.0 Å². The third-order valence-electron chi connectivity index (χ3n) is 8.32. The standard InChI is InChI=1S/C34H35NO5/c1-3-40-31(36)20-19-30-29(18-15-24-9-5-4-6-10-24)34(22-21-26-11-7-8-12-28(26)32(34)37)33(38)35(30)23-25-13-16-27(39-2)17-14-25/h4-14,16-17,19-20,29-30H,3,15,18,21-23H2,1-2H3/b20-19+/t29-,30-,34-/m1/s1. The lowest BCUT2D eigenvalue weighted by molar-refractivity contribution is -0.138. The van der Waals surface area contributed by atoms with Gasteiger partial charge in [0.25, 0.3) is 0 Å². The van der Waals surface area contributed by atoms with E-state index in [1.165, 1.54) is 6.08 Å². The Kier molecular flexibility index (Phi) is 8.15. The zero-order valence-electron chi connectivity index (χ0n) is 23.0. The molecule has 40 heavy (non-hydrogen) atoms. The normalized spacial score (nSPS) is 22.1. The van der Waals surface area contributed by atoms with Crippen LogP contribution >= 0.6 is 0 Å². The van der Waals surface area contributed by atoms with E-state index in [0.29, 0.717) is 31.4 Å². The number of carbonyl (C=O) groups excluding carboxylic acids is 3. The monoisotopic (exact) mass is 537 g/mol. The molecule has 3 aromatic carbocycles. The summed E-state index contributed by atoms with van der Waals surface area (Å²) in [5.41, 5.74) is 2.49. The van der Waals surface area contributed by atoms with Gasteiger partial charge in [0.05, 0.1) is 19.8 Å². The maximum atomic E-state index is 14.6. The lowest BCUT2D eigenvalue weighted by atomic mass is 9.62. The fourth-order valence-electron chi connectivity index (χ4n) is 6.36. The Morgan fingerprint density at radius 2 is 1.70 bits per heavy atom. The van der Waals surface area contributed by atoms with E-state index < -0.39 is 17.4 Å². The predicted octanol–water partition coefficient (Wildman–Crippen LogP) is 5.59. The van der Waals surface area contributed by atoms with Crippen molar-refractivity contribution in [2.45, 2.75) is 45.2 Å². The predicted molar refractivity (Wildman–Crippen MR) is 153 cm³/mol. The summed E-state index contributed by atoms with van der Waals surface area (Å²) in [6.45, 7) is 2.34. The number of amides is 1. The van der Waals surface area contributed by atoms with Crippen LogP contribution in [-0.4, -0.2) is 42.3 Å². The Labute approximate surface area is 235 Å². The molecular weight excluding hydrogens is 502 g/mol. The second kappa shape index (κ2) is 11.9. The molecule has 0 radical (unpaired) electrons. The zero-order chi connectivity index (χ0) is 28.1. The molecule has 1 heterocycles. The molecule has 6 nitrogen and oxygen atoms in total. The van der Waals surface area contributed by atoms with Gasteiger partial charge in [-0.25, -0.2) is 4.79 Å². The van der Waals surface area contributed by atoms with Crippen molar-refractivity contribution in [2.24, 2.45) is 11.3 Å². The van der Waals surface area contributed by atoms with Crippen LogP contribution in [0, 0.1) is 11.3 Å². The summed E-state index contributed by atoms with van der Waals surface area (Å²) in [7, 11) is 1.61. The van der Waals surface area contributed by atoms with Crippen LogP contribution in [0.5, 0.6) is 5.75 Å². The summed E-state index contributed by atoms with van der Waals surface area (Å²) < 4.78 is 10.5. The molecule has 6 heteroatoms. The van der Waals surface area contributed by atoms with Crippen LogP contribution in [0.15, 0.2) is 91.0 Å². The van der Waals surface area contributed by atoms with Gasteiger partial charge in [-0.3, -0.25) is 9.59 Å². The summed E-state index contributed by atoms with van der Waals surface area (Å²) >= 11 is 0. The van der Waals surface area contributed by atoms with Crippen molar-refractivity contribution < 1.29 is 23.9 Å². The highest BCUT2D eigenvalue weighted by molar-refractivity contribution is 6.17. The maximum absolute atomic E-state index is 14.6. The van der Waals surface area contributed by atoms with Crippen molar-refractivity contribution in [1.82, 2.24) is 4.90 Å². The fraction of sp³-hybridized carbons (Fsp3) is 0.324. The molecule has 1 aliphatic heterocycles. The third-order valence-corrected chi connectivity index (χ3v) is 8.32. The van der Waals surface area contributed by atoms with Gasteiger partial charge in [0, 0.05) is 24.1 Å². The minimum absolute atomic E-state index is 0.107. The van der Waals surface area contributed by atoms with Gasteiger partial charge in [0.2, 0.25) is 5.91 Å². The molecule has 3 atom stereocenters. The Morgan fingerprint density at radius 1 is 0.975 bits per heavy atom. The number of benzene rings is 3. The van der Waals surface area contributed by atoms with Crippen molar-refractivity contribution in [1.29, 1.82) is 0 Å². The van der Waals surface area contributed by atoms with E-state index >= 15 is 0 Å². The van der Waals surface area contributed by atoms with Gasteiger partial charge in [-0.2, -0.15) is 0 Å². The number of hydrogen-bond donors (Lipinski definition) is 0. The van der Waals surface area contributed by atoms with Crippen LogP contribution in [0.2, 0.25) is 0 Å². The number of fused-ring (bicyclic) bond motifs is 1. The summed E-state index contributed by atoms with van der Waals surface area (Å²) in [5, 5.41) is 0. The molecule has 1 amide bonds. The first-order valence-electron chi connectivity index (χ1n) is 13.9. The lowest BCUT2D eigenvalue weighted by Crippen LogP contribution is -2.46. The lowest BCUT2D eigenvalue weighted by Gasteiger charge is -2.36. The van der Waals surface area contributed by atoms with Crippen molar-refractivity contribution in [3.63, 3.8) is 0 Å². The highest BCUT2D eigenvalue weighted by Crippen LogP contribution is 2.52. The van der Waals surface area contributed by atoms with Crippen LogP contribution in [-0.2, 0) is 33.7 Å². The molecule has 0 saturated carbocycles. The average molecular weight is 538 g/mol. The number of methoxy groups -OCH3 is 1. The van der Waals surface area contributed by atoms with Crippen molar-refractivity contribution in [3.8, 4) is 5.75 Å². The molecule has 1 fully saturated rings. The molecule has 3 aromatic rings. The van der Waals surface area contributed by atoms with E-state index in [4.69, 9.17) is 9.47 Å². The highest BCUT2D eigenvalue weighted by atomic mass is 16.5. The smallest absolute Gasteiger partial charge is 0.330 e. The number of esters is 1. The minimum Gasteiger partial charge on any atom is -0.497 e. The first kappa shape index (κ1) is 27.4. The highest BCUT2D eigenvalue weighted by Gasteiger charge is 2.63. The number of nitrogens with zero attached hydrogens (tertiary/aromatic N) is 1. The summed E-state index contributed by atoms with van der Waals surface area (Å²) in [6.07, 6.45) is 5.64. The topological polar surface area (TPSA) is 72.9 Å². The van der Waals surface area contributed by atoms with Crippen molar-refractivity contribution >= 4 is 17.7 Å². The second-order valence-corrected chi connectivity index (χ2v) is 10.5. The molecule has 2 aliphatic rings. The largest absolute Gasteiger partial charge is 0.497 e. The number of ketones is 1. The minimum atomic E-state index is -1.20. The zero-order valence-corrected chi connectivity index (χ0v) is 23.0. The van der Waals surface area contributed by atoms with E-state index in [0.717, 1.165) is 28.9 Å². The van der Waals surface area contributed by atoms with Crippen molar-refractivity contribution in [2.75, 3.05) is 13.7 Å². The number of ether oxygens (including phenoxy) is 2. The van der Waals surface area contributed by atoms with E-state index in [2.05, 4.69) is 12.1 Å². The van der Waals surface area contributed by atoms with E-state index in [1.807, 2.05) is 66.7 Å². The number of rotatable bonds is 9. The molecule has 1 spiro atoms. The summed E-state index contributed by atoms with van der Waals surface area (Å²) in [6, 6.07) is 24.9. The molecule has 0 N–H and O–H groups in total. The van der Waals surface area contributed by atoms with Crippen LogP contribution in [0.25, 0.3) is 0 Å². The van der Waals surface area contributed by atoms with Gasteiger partial charge >= 0.3 is 5.97 Å². The number of aryl methyl sites for hydroxylation is 2. The number of Topliss-reactive ketones (excluding diaryl/α,β-unsaturated/α-hetero) is 1. The maximum Gasteiger partial charge on any atom is 0.330 e. The number of carbonyl (C=O) groups is 3. The van der Waals surface area contributed by atoms with E-state index in [9.17, 15) is 14.4 Å². The molecule has 0 aromatic heterocycles. The third kappa shape index (κ3) is 5.18. The average Bonchev–Trinajstić information content (AvgIpc) is 3.20. The molecule has 5 rings (SSSR count). The summed E-state index contributed by atoms with van der Waals surface area (Å²) in [5.74, 6) is -0.317. The van der Waals surface area contributed by atoms with Crippen LogP contribution in [0.4, 0.5) is 0 Å². The molecule has 0 bridgehead atoms. The van der Waals surface area contributed by atoms with Gasteiger partial charge in [0.1, 0.15) is 11.2 Å². The Morgan fingerprint density at radius 3 is 2.42 bits per heavy atom. The number of likely N-dealkylation sites (tertiary alicyclic amines) is 1. The summed E-state index contributed by atoms with van der Waals surface area (Å²) in [4.78, 5) is 43.1. The van der Waals surface area contributed by atoms with Gasteiger partial charge in [-0.15, -0.1) is 0 Å². The molecule has 1 saturated heterocycles. The molecular formula is C34H35NO5. The Balaban J connectivity index is 1.58. The number of hydrogen-bond acceptors (Lipinski definition) is 5. The molecule has 206 valence electrons. The van der Waals surface area contributed by atoms with Gasteiger partial charge < -0.3 is 14.4 Å². The van der Waals surface area contributed by atoms with Crippen LogP contribution in [0.3, 0.4) is 0 Å². The Bertz CT molecular complexity index is 1400. The van der Waals surface area contributed by atoms with E-state index in [-0.39, 0.29) is 24.2 Å². The van der Waals surface area contributed by atoms with Gasteiger partial charge in [-0.05, 0) is 61.4 Å². The fourth-order valence-corrected chi connectivity index (χ4v) is 6.36. The van der Waals surface area contributed by atoms with Crippen LogP contribution < -0.4 is 4.74 Å². The van der Waals surface area contributed by atoms with Gasteiger partial charge in [-0.1, -0.05) is 72.8 Å². The molecule has 0 unspecified atom stereocenters. The second-order valence-electron chi connectivity index (χ2n) is 10.5. The first-order valence-corrected chi connectivity index (χ1v) is 13.9. The van der Waals surface area contributed by atoms with Gasteiger partial charge in [0.15, 0.2) is 5.78 Å². The SMILES string of the molecule is CCOC(=O)/C=C/[C@@H]1[C@@H](CCc2ccccc2)[C@@]2(CCc3ccccc3C2=O)C(=O)N1Cc1ccc(OC)cc1. The molecule has 1 aliphatic carbocycles.